The largest absolute Gasteiger partial charge is 0.208 e. The molecule has 0 unspecified atom stereocenters. The van der Waals surface area contributed by atoms with Crippen LogP contribution in [0.3, 0.4) is 0 Å². The molecule has 0 N–H and O–H groups in total. The molecule has 0 saturated carbocycles. The molecule has 0 atom stereocenters. The first-order chi connectivity index (χ1) is 28.3. The minimum Gasteiger partial charge on any atom is -0.208 e. The maximum absolute atomic E-state index is 5.29. The van der Waals surface area contributed by atoms with Crippen LogP contribution >= 0.6 is 0 Å². The summed E-state index contributed by atoms with van der Waals surface area (Å²) in [7, 11) is 0. The molecule has 1 aromatic heterocycles. The van der Waals surface area contributed by atoms with Crippen LogP contribution < -0.4 is 0 Å². The summed E-state index contributed by atoms with van der Waals surface area (Å²) in [5.74, 6) is 1.97. The zero-order valence-corrected chi connectivity index (χ0v) is 33.1. The molecule has 3 heteroatoms. The maximum atomic E-state index is 5.29. The van der Waals surface area contributed by atoms with Crippen molar-refractivity contribution < 1.29 is 0 Å². The van der Waals surface area contributed by atoms with Gasteiger partial charge < -0.3 is 0 Å². The normalized spacial score (nSPS) is 14.1. The fraction of sp³-hybridized carbons (Fsp3) is 0.109. The average Bonchev–Trinajstić information content (AvgIpc) is 3.28. The number of aromatic nitrogens is 3. The number of hydrogen-bond donors (Lipinski definition) is 0. The Hall–Kier alpha value is -6.97. The summed E-state index contributed by atoms with van der Waals surface area (Å²) in [5, 5.41) is 9.99. The highest BCUT2D eigenvalue weighted by Gasteiger charge is 2.45. The molecule has 0 fully saturated rings. The second-order valence-electron chi connectivity index (χ2n) is 16.8. The van der Waals surface area contributed by atoms with Crippen LogP contribution in [0.5, 0.6) is 0 Å². The average molecular weight is 744 g/mol. The Morgan fingerprint density at radius 2 is 0.845 bits per heavy atom. The molecule has 0 bridgehead atoms. The highest BCUT2D eigenvalue weighted by Crippen LogP contribution is 2.54. The van der Waals surface area contributed by atoms with Crippen molar-refractivity contribution in [2.75, 3.05) is 0 Å². The van der Waals surface area contributed by atoms with Gasteiger partial charge in [-0.3, -0.25) is 0 Å². The van der Waals surface area contributed by atoms with Crippen molar-refractivity contribution in [1.82, 2.24) is 15.0 Å². The van der Waals surface area contributed by atoms with Crippen LogP contribution in [0.15, 0.2) is 176 Å². The van der Waals surface area contributed by atoms with Crippen LogP contribution in [0.2, 0.25) is 0 Å². The molecule has 0 radical (unpaired) electrons. The van der Waals surface area contributed by atoms with Crippen molar-refractivity contribution in [3.8, 4) is 56.4 Å². The molecule has 1 heterocycles. The number of fused-ring (bicyclic) bond motifs is 10. The van der Waals surface area contributed by atoms with Crippen molar-refractivity contribution in [2.45, 2.75) is 38.5 Å². The van der Waals surface area contributed by atoms with E-state index >= 15 is 0 Å². The van der Waals surface area contributed by atoms with Gasteiger partial charge in [-0.05, 0) is 105 Å². The van der Waals surface area contributed by atoms with Crippen LogP contribution in [-0.4, -0.2) is 15.0 Å². The van der Waals surface area contributed by atoms with E-state index in [0.717, 1.165) is 22.3 Å². The van der Waals surface area contributed by atoms with Crippen LogP contribution in [0.4, 0.5) is 0 Å². The summed E-state index contributed by atoms with van der Waals surface area (Å²) >= 11 is 0. The molecule has 58 heavy (non-hydrogen) atoms. The minimum atomic E-state index is -0.141. The van der Waals surface area contributed by atoms with Crippen LogP contribution in [0.1, 0.15) is 38.8 Å². The molecular weight excluding hydrogens is 703 g/mol. The summed E-state index contributed by atoms with van der Waals surface area (Å²) in [4.78, 5) is 15.6. The van der Waals surface area contributed by atoms with E-state index in [1.165, 1.54) is 70.9 Å². The first kappa shape index (κ1) is 34.3. The summed E-state index contributed by atoms with van der Waals surface area (Å²) in [6, 6.07) is 63.5. The Labute approximate surface area is 338 Å². The highest BCUT2D eigenvalue weighted by molar-refractivity contribution is 6.28. The van der Waals surface area contributed by atoms with Crippen molar-refractivity contribution >= 4 is 43.1 Å². The van der Waals surface area contributed by atoms with Gasteiger partial charge in [0.05, 0.1) is 0 Å². The van der Waals surface area contributed by atoms with Gasteiger partial charge in [-0.15, -0.1) is 0 Å². The van der Waals surface area contributed by atoms with Gasteiger partial charge in [-0.1, -0.05) is 185 Å². The molecule has 0 amide bonds. The van der Waals surface area contributed by atoms with Gasteiger partial charge in [0.25, 0.3) is 0 Å². The monoisotopic (exact) mass is 743 g/mol. The molecule has 1 aliphatic rings. The van der Waals surface area contributed by atoms with Crippen LogP contribution in [0, 0.1) is 0 Å². The molecule has 3 nitrogen and oxygen atoms in total. The molecule has 276 valence electrons. The standard InChI is InChI=1S/C55H41N3/c1-54(2)47-24-13-12-23-43(47)44-29-28-40(33-48(44)55(54,3)4)53-57-51(36-17-6-5-7-18-36)56-52(58-53)39-20-14-19-37(31-39)46-32-38-26-25-34-15-8-10-21-41(34)49(38)45-30-27-35-16-9-11-22-42(35)50(45)46/h5-33H,1-4H3. The van der Waals surface area contributed by atoms with Crippen molar-refractivity contribution in [1.29, 1.82) is 0 Å². The van der Waals surface area contributed by atoms with Gasteiger partial charge in [0.15, 0.2) is 17.5 Å². The number of rotatable bonds is 4. The van der Waals surface area contributed by atoms with Crippen LogP contribution in [-0.2, 0) is 10.8 Å². The molecule has 1 aliphatic carbocycles. The van der Waals surface area contributed by atoms with E-state index in [1.54, 1.807) is 0 Å². The SMILES string of the molecule is CC1(C)c2ccccc2-c2ccc(-c3nc(-c4ccccc4)nc(-c4cccc(-c5cc6ccc7ccccc7c6c6ccc7ccccc7c56)c4)n3)cc2C1(C)C. The Kier molecular flexibility index (Phi) is 7.55. The van der Waals surface area contributed by atoms with E-state index in [1.807, 2.05) is 18.2 Å². The molecule has 0 aliphatic heterocycles. The van der Waals surface area contributed by atoms with E-state index in [4.69, 9.17) is 15.0 Å². The third kappa shape index (κ3) is 5.16. The van der Waals surface area contributed by atoms with Crippen molar-refractivity contribution in [3.05, 3.63) is 187 Å². The van der Waals surface area contributed by atoms with Gasteiger partial charge in [-0.2, -0.15) is 0 Å². The fourth-order valence-electron chi connectivity index (χ4n) is 9.48. The first-order valence-corrected chi connectivity index (χ1v) is 20.2. The fourth-order valence-corrected chi connectivity index (χ4v) is 9.48. The molecule has 0 spiro atoms. The Bertz CT molecular complexity index is 3290. The third-order valence-corrected chi connectivity index (χ3v) is 13.2. The number of benzene rings is 9. The van der Waals surface area contributed by atoms with E-state index in [-0.39, 0.29) is 10.8 Å². The van der Waals surface area contributed by atoms with E-state index in [2.05, 4.69) is 185 Å². The summed E-state index contributed by atoms with van der Waals surface area (Å²) in [6.45, 7) is 9.47. The lowest BCUT2D eigenvalue weighted by atomic mass is 9.55. The number of hydrogen-bond acceptors (Lipinski definition) is 3. The summed E-state index contributed by atoms with van der Waals surface area (Å²) in [5.41, 5.74) is 10.2. The van der Waals surface area contributed by atoms with Gasteiger partial charge in [0.2, 0.25) is 0 Å². The first-order valence-electron chi connectivity index (χ1n) is 20.2. The Balaban J connectivity index is 1.12. The summed E-state index contributed by atoms with van der Waals surface area (Å²) < 4.78 is 0. The minimum absolute atomic E-state index is 0.0829. The second kappa shape index (κ2) is 12.8. The van der Waals surface area contributed by atoms with Gasteiger partial charge in [0, 0.05) is 16.7 Å². The second-order valence-corrected chi connectivity index (χ2v) is 16.8. The predicted molar refractivity (Wildman–Crippen MR) is 243 cm³/mol. The predicted octanol–water partition coefficient (Wildman–Crippen LogP) is 14.4. The van der Waals surface area contributed by atoms with Crippen LogP contribution in [0.25, 0.3) is 99.5 Å². The zero-order chi connectivity index (χ0) is 39.2. The number of nitrogens with zero attached hydrogens (tertiary/aromatic N) is 3. The Morgan fingerprint density at radius 1 is 0.310 bits per heavy atom. The zero-order valence-electron chi connectivity index (χ0n) is 33.1. The smallest absolute Gasteiger partial charge is 0.164 e. The topological polar surface area (TPSA) is 38.7 Å². The van der Waals surface area contributed by atoms with Gasteiger partial charge in [-0.25, -0.2) is 15.0 Å². The van der Waals surface area contributed by atoms with E-state index in [0.29, 0.717) is 17.5 Å². The molecule has 11 rings (SSSR count). The Morgan fingerprint density at radius 3 is 1.60 bits per heavy atom. The van der Waals surface area contributed by atoms with E-state index in [9.17, 15) is 0 Å². The van der Waals surface area contributed by atoms with Gasteiger partial charge in [0.1, 0.15) is 0 Å². The quantitative estimate of drug-likeness (QED) is 0.169. The van der Waals surface area contributed by atoms with E-state index < -0.39 is 0 Å². The maximum Gasteiger partial charge on any atom is 0.164 e. The molecule has 10 aromatic rings. The van der Waals surface area contributed by atoms with Crippen molar-refractivity contribution in [3.63, 3.8) is 0 Å². The lowest BCUT2D eigenvalue weighted by Crippen LogP contribution is -2.43. The molecule has 9 aromatic carbocycles. The third-order valence-electron chi connectivity index (χ3n) is 13.2. The molecule has 0 saturated heterocycles. The lowest BCUT2D eigenvalue weighted by Gasteiger charge is -2.48. The molecular formula is C55H41N3. The lowest BCUT2D eigenvalue weighted by molar-refractivity contribution is 0.299. The summed E-state index contributed by atoms with van der Waals surface area (Å²) in [6.07, 6.45) is 0. The van der Waals surface area contributed by atoms with Crippen molar-refractivity contribution in [2.24, 2.45) is 0 Å². The highest BCUT2D eigenvalue weighted by atomic mass is 15.0. The van der Waals surface area contributed by atoms with Gasteiger partial charge >= 0.3 is 0 Å².